The minimum absolute atomic E-state index is 0.384. The van der Waals surface area contributed by atoms with Crippen LogP contribution in [0.4, 0.5) is 0 Å². The second kappa shape index (κ2) is 5.96. The standard InChI is InChI=1S/C18H26N4O/c1-13-16(12-22-10-14(11-22)18(2,3)4)17(21(5)20-13)23-15-7-6-8-19-9-15/h6-9,14H,10-12H2,1-5H3. The van der Waals surface area contributed by atoms with E-state index in [1.807, 2.05) is 30.8 Å². The molecule has 0 N–H and O–H groups in total. The summed E-state index contributed by atoms with van der Waals surface area (Å²) in [7, 11) is 1.93. The van der Waals surface area contributed by atoms with Gasteiger partial charge in [0.1, 0.15) is 5.75 Å². The number of rotatable bonds is 4. The van der Waals surface area contributed by atoms with E-state index in [0.717, 1.165) is 42.9 Å². The van der Waals surface area contributed by atoms with E-state index in [2.05, 4.69) is 35.8 Å². The summed E-state index contributed by atoms with van der Waals surface area (Å²) in [6, 6.07) is 3.79. The Hall–Kier alpha value is -1.88. The molecule has 3 heterocycles. The molecule has 0 aromatic carbocycles. The third-order valence-corrected chi connectivity index (χ3v) is 4.70. The van der Waals surface area contributed by atoms with Gasteiger partial charge in [0, 0.05) is 32.9 Å². The van der Waals surface area contributed by atoms with Gasteiger partial charge in [0.15, 0.2) is 0 Å². The molecule has 2 aromatic rings. The van der Waals surface area contributed by atoms with Gasteiger partial charge in [0.05, 0.1) is 17.5 Å². The first-order valence-corrected chi connectivity index (χ1v) is 8.17. The van der Waals surface area contributed by atoms with E-state index in [0.29, 0.717) is 5.41 Å². The minimum atomic E-state index is 0.384. The molecule has 0 saturated carbocycles. The Morgan fingerprint density at radius 3 is 2.65 bits per heavy atom. The van der Waals surface area contributed by atoms with Gasteiger partial charge in [0.25, 0.3) is 0 Å². The Kier molecular flexibility index (Phi) is 4.15. The Morgan fingerprint density at radius 2 is 2.04 bits per heavy atom. The van der Waals surface area contributed by atoms with Gasteiger partial charge < -0.3 is 4.74 Å². The third-order valence-electron chi connectivity index (χ3n) is 4.70. The maximum Gasteiger partial charge on any atom is 0.222 e. The van der Waals surface area contributed by atoms with Gasteiger partial charge in [-0.25, -0.2) is 4.68 Å². The van der Waals surface area contributed by atoms with Crippen LogP contribution >= 0.6 is 0 Å². The summed E-state index contributed by atoms with van der Waals surface area (Å²) in [4.78, 5) is 6.58. The van der Waals surface area contributed by atoms with E-state index in [9.17, 15) is 0 Å². The first-order valence-electron chi connectivity index (χ1n) is 8.17. The number of ether oxygens (including phenoxy) is 1. The van der Waals surface area contributed by atoms with E-state index in [1.165, 1.54) is 5.56 Å². The van der Waals surface area contributed by atoms with Crippen LogP contribution in [0.5, 0.6) is 11.6 Å². The summed E-state index contributed by atoms with van der Waals surface area (Å²) in [6.07, 6.45) is 3.47. The highest BCUT2D eigenvalue weighted by Gasteiger charge is 2.36. The fraction of sp³-hybridized carbons (Fsp3) is 0.556. The Labute approximate surface area is 138 Å². The molecular formula is C18H26N4O. The highest BCUT2D eigenvalue weighted by atomic mass is 16.5. The van der Waals surface area contributed by atoms with Crippen LogP contribution < -0.4 is 4.74 Å². The summed E-state index contributed by atoms with van der Waals surface area (Å²) in [6.45, 7) is 12.2. The number of aromatic nitrogens is 3. The SMILES string of the molecule is Cc1nn(C)c(Oc2cccnc2)c1CN1CC(C(C)(C)C)C1. The number of aryl methyl sites for hydroxylation is 2. The monoisotopic (exact) mass is 314 g/mol. The van der Waals surface area contributed by atoms with Gasteiger partial charge in [-0.15, -0.1) is 0 Å². The van der Waals surface area contributed by atoms with Gasteiger partial charge in [-0.1, -0.05) is 20.8 Å². The lowest BCUT2D eigenvalue weighted by Gasteiger charge is -2.46. The van der Waals surface area contributed by atoms with Crippen molar-refractivity contribution in [3.05, 3.63) is 35.8 Å². The predicted molar refractivity (Wildman–Crippen MR) is 90.5 cm³/mol. The minimum Gasteiger partial charge on any atom is -0.437 e. The second-order valence-electron chi connectivity index (χ2n) is 7.54. The first-order chi connectivity index (χ1) is 10.8. The zero-order valence-corrected chi connectivity index (χ0v) is 14.7. The average molecular weight is 314 g/mol. The third kappa shape index (κ3) is 3.39. The lowest BCUT2D eigenvalue weighted by molar-refractivity contribution is 0.0184. The number of nitrogens with zero attached hydrogens (tertiary/aromatic N) is 4. The maximum absolute atomic E-state index is 6.04. The van der Waals surface area contributed by atoms with Crippen LogP contribution in [-0.4, -0.2) is 32.8 Å². The molecule has 3 rings (SSSR count). The zero-order valence-electron chi connectivity index (χ0n) is 14.7. The molecule has 0 aliphatic carbocycles. The summed E-state index contributed by atoms with van der Waals surface area (Å²) in [5.74, 6) is 2.32. The molecule has 0 unspecified atom stereocenters. The van der Waals surface area contributed by atoms with Crippen molar-refractivity contribution in [2.24, 2.45) is 18.4 Å². The molecule has 0 atom stereocenters. The maximum atomic E-state index is 6.04. The predicted octanol–water partition coefficient (Wildman–Crippen LogP) is 3.39. The molecule has 0 amide bonds. The summed E-state index contributed by atoms with van der Waals surface area (Å²) >= 11 is 0. The zero-order chi connectivity index (χ0) is 16.6. The van der Waals surface area contributed by atoms with Crippen LogP contribution in [0.25, 0.3) is 0 Å². The lowest BCUT2D eigenvalue weighted by atomic mass is 9.76. The Morgan fingerprint density at radius 1 is 1.30 bits per heavy atom. The smallest absolute Gasteiger partial charge is 0.222 e. The van der Waals surface area contributed by atoms with Crippen molar-refractivity contribution in [2.45, 2.75) is 34.2 Å². The Balaban J connectivity index is 1.73. The first kappa shape index (κ1) is 16.0. The number of pyridine rings is 1. The van der Waals surface area contributed by atoms with E-state index in [-0.39, 0.29) is 0 Å². The molecule has 2 aromatic heterocycles. The van der Waals surface area contributed by atoms with Crippen LogP contribution in [0, 0.1) is 18.3 Å². The highest BCUT2D eigenvalue weighted by Crippen LogP contribution is 2.36. The van der Waals surface area contributed by atoms with Gasteiger partial charge in [-0.3, -0.25) is 9.88 Å². The van der Waals surface area contributed by atoms with Gasteiger partial charge in [0.2, 0.25) is 5.88 Å². The van der Waals surface area contributed by atoms with Gasteiger partial charge in [-0.05, 0) is 30.4 Å². The van der Waals surface area contributed by atoms with Crippen molar-refractivity contribution in [3.63, 3.8) is 0 Å². The van der Waals surface area contributed by atoms with Crippen molar-refractivity contribution in [1.29, 1.82) is 0 Å². The highest BCUT2D eigenvalue weighted by molar-refractivity contribution is 5.35. The van der Waals surface area contributed by atoms with Crippen LogP contribution in [0.2, 0.25) is 0 Å². The molecule has 23 heavy (non-hydrogen) atoms. The molecule has 1 aliphatic rings. The molecule has 5 nitrogen and oxygen atoms in total. The number of likely N-dealkylation sites (tertiary alicyclic amines) is 1. The topological polar surface area (TPSA) is 43.2 Å². The van der Waals surface area contributed by atoms with Crippen molar-refractivity contribution in [3.8, 4) is 11.6 Å². The van der Waals surface area contributed by atoms with E-state index < -0.39 is 0 Å². The fourth-order valence-corrected chi connectivity index (χ4v) is 2.98. The molecule has 0 spiro atoms. The van der Waals surface area contributed by atoms with Crippen molar-refractivity contribution >= 4 is 0 Å². The summed E-state index contributed by atoms with van der Waals surface area (Å²) < 4.78 is 7.85. The molecule has 1 fully saturated rings. The lowest BCUT2D eigenvalue weighted by Crippen LogP contribution is -2.51. The molecular weight excluding hydrogens is 288 g/mol. The van der Waals surface area contributed by atoms with Crippen LogP contribution in [0.15, 0.2) is 24.5 Å². The van der Waals surface area contributed by atoms with Crippen molar-refractivity contribution in [1.82, 2.24) is 19.7 Å². The largest absolute Gasteiger partial charge is 0.437 e. The molecule has 0 bridgehead atoms. The average Bonchev–Trinajstić information content (AvgIpc) is 2.68. The molecule has 1 saturated heterocycles. The molecule has 0 radical (unpaired) electrons. The number of hydrogen-bond acceptors (Lipinski definition) is 4. The quantitative estimate of drug-likeness (QED) is 0.867. The molecule has 1 aliphatic heterocycles. The van der Waals surface area contributed by atoms with Gasteiger partial charge >= 0.3 is 0 Å². The van der Waals surface area contributed by atoms with Crippen molar-refractivity contribution < 1.29 is 4.74 Å². The fourth-order valence-electron chi connectivity index (χ4n) is 2.98. The van der Waals surface area contributed by atoms with Crippen LogP contribution in [-0.2, 0) is 13.6 Å². The Bertz CT molecular complexity index is 666. The molecule has 5 heteroatoms. The van der Waals surface area contributed by atoms with Crippen LogP contribution in [0.3, 0.4) is 0 Å². The normalized spacial score (nSPS) is 16.4. The van der Waals surface area contributed by atoms with E-state index in [1.54, 1.807) is 12.4 Å². The van der Waals surface area contributed by atoms with Gasteiger partial charge in [-0.2, -0.15) is 5.10 Å². The second-order valence-corrected chi connectivity index (χ2v) is 7.54. The summed E-state index contributed by atoms with van der Waals surface area (Å²) in [5.41, 5.74) is 2.59. The molecule has 124 valence electrons. The van der Waals surface area contributed by atoms with E-state index >= 15 is 0 Å². The van der Waals surface area contributed by atoms with Crippen molar-refractivity contribution in [2.75, 3.05) is 13.1 Å². The summed E-state index contributed by atoms with van der Waals surface area (Å²) in [5, 5.41) is 4.53. The van der Waals surface area contributed by atoms with E-state index in [4.69, 9.17) is 4.74 Å². The van der Waals surface area contributed by atoms with Crippen LogP contribution in [0.1, 0.15) is 32.0 Å². The number of hydrogen-bond donors (Lipinski definition) is 0.